The molecule has 2 aromatic rings. The Morgan fingerprint density at radius 1 is 0.737 bits per heavy atom. The first-order valence-corrected chi connectivity index (χ1v) is 7.13. The maximum atomic E-state index is 11.4. The fourth-order valence-corrected chi connectivity index (χ4v) is 2.47. The van der Waals surface area contributed by atoms with Crippen molar-refractivity contribution < 1.29 is 8.42 Å². The van der Waals surface area contributed by atoms with Crippen LogP contribution in [0, 0.1) is 0 Å². The summed E-state index contributed by atoms with van der Waals surface area (Å²) in [6.45, 7) is 0. The van der Waals surface area contributed by atoms with Crippen molar-refractivity contribution in [3.05, 3.63) is 48.5 Å². The van der Waals surface area contributed by atoms with Gasteiger partial charge in [-0.25, -0.2) is 12.7 Å². The average Bonchev–Trinajstić information content (AvgIpc) is 2.34. The largest absolute Gasteiger partial charge is 0.241 e. The molecule has 0 atom stereocenters. The Hall–Kier alpha value is -0.513. The SMILES string of the molecule is O=[SH](=O)N(c1ccc(S)cc1)c1ccc(S)cc1.[Li]. The van der Waals surface area contributed by atoms with Gasteiger partial charge in [-0.1, -0.05) is 0 Å². The van der Waals surface area contributed by atoms with Crippen LogP contribution in [0.1, 0.15) is 0 Å². The fraction of sp³-hybridized carbons (Fsp3) is 0. The van der Waals surface area contributed by atoms with Gasteiger partial charge in [0.05, 0.1) is 11.4 Å². The van der Waals surface area contributed by atoms with Crippen molar-refractivity contribution in [1.82, 2.24) is 0 Å². The van der Waals surface area contributed by atoms with Gasteiger partial charge in [-0.15, -0.1) is 25.3 Å². The second kappa shape index (κ2) is 7.32. The van der Waals surface area contributed by atoms with Gasteiger partial charge >= 0.3 is 0 Å². The van der Waals surface area contributed by atoms with Gasteiger partial charge in [0.1, 0.15) is 0 Å². The molecule has 0 saturated heterocycles. The smallest absolute Gasteiger partial charge is 0.229 e. The molecule has 2 aromatic carbocycles. The van der Waals surface area contributed by atoms with Crippen molar-refractivity contribution in [3.63, 3.8) is 0 Å². The van der Waals surface area contributed by atoms with E-state index in [0.29, 0.717) is 11.4 Å². The third-order valence-corrected chi connectivity index (χ3v) is 3.74. The second-order valence-corrected chi connectivity index (χ2v) is 5.49. The standard InChI is InChI=1S/C12H11NO2S3.Li/c14-18(15)13(9-1-5-11(16)6-2-9)10-3-7-12(17)8-4-10;/h1-8,16-18H;. The van der Waals surface area contributed by atoms with Crippen LogP contribution in [0.4, 0.5) is 11.4 Å². The van der Waals surface area contributed by atoms with Gasteiger partial charge in [0.25, 0.3) is 0 Å². The second-order valence-electron chi connectivity index (χ2n) is 3.58. The summed E-state index contributed by atoms with van der Waals surface area (Å²) in [6.07, 6.45) is 0. The quantitative estimate of drug-likeness (QED) is 0.602. The summed E-state index contributed by atoms with van der Waals surface area (Å²) in [5.41, 5.74) is 1.16. The van der Waals surface area contributed by atoms with Crippen LogP contribution in [0.5, 0.6) is 0 Å². The molecule has 1 radical (unpaired) electrons. The Labute approximate surface area is 137 Å². The van der Waals surface area contributed by atoms with Gasteiger partial charge in [-0.05, 0) is 48.5 Å². The predicted molar refractivity (Wildman–Crippen MR) is 85.6 cm³/mol. The maximum absolute atomic E-state index is 11.4. The van der Waals surface area contributed by atoms with Crippen molar-refractivity contribution in [1.29, 1.82) is 0 Å². The molecule has 95 valence electrons. The summed E-state index contributed by atoms with van der Waals surface area (Å²) in [7, 11) is -2.75. The van der Waals surface area contributed by atoms with Gasteiger partial charge in [-0.2, -0.15) is 0 Å². The van der Waals surface area contributed by atoms with Gasteiger partial charge in [0.15, 0.2) is 0 Å². The van der Waals surface area contributed by atoms with E-state index in [1.165, 1.54) is 4.31 Å². The van der Waals surface area contributed by atoms with Crippen LogP contribution in [0.3, 0.4) is 0 Å². The molecule has 7 heteroatoms. The minimum absolute atomic E-state index is 0. The van der Waals surface area contributed by atoms with Crippen molar-refractivity contribution in [2.24, 2.45) is 0 Å². The first kappa shape index (κ1) is 16.5. The van der Waals surface area contributed by atoms with Crippen molar-refractivity contribution in [3.8, 4) is 0 Å². The molecule has 0 fully saturated rings. The molecule has 0 bridgehead atoms. The molecule has 2 rings (SSSR count). The summed E-state index contributed by atoms with van der Waals surface area (Å²) < 4.78 is 24.0. The molecule has 19 heavy (non-hydrogen) atoms. The van der Waals surface area contributed by atoms with Crippen molar-refractivity contribution >= 4 is 66.4 Å². The Bertz CT molecular complexity index is 558. The fourth-order valence-electron chi connectivity index (χ4n) is 1.53. The van der Waals surface area contributed by atoms with Crippen LogP contribution in [-0.2, 0) is 10.9 Å². The Morgan fingerprint density at radius 2 is 1.05 bits per heavy atom. The van der Waals surface area contributed by atoms with Gasteiger partial charge in [0.2, 0.25) is 10.9 Å². The monoisotopic (exact) mass is 304 g/mol. The third kappa shape index (κ3) is 4.23. The van der Waals surface area contributed by atoms with Crippen molar-refractivity contribution in [2.45, 2.75) is 9.79 Å². The van der Waals surface area contributed by atoms with E-state index < -0.39 is 10.9 Å². The molecule has 0 N–H and O–H groups in total. The minimum atomic E-state index is -2.75. The van der Waals surface area contributed by atoms with Crippen LogP contribution in [0.2, 0.25) is 0 Å². The van der Waals surface area contributed by atoms with Crippen LogP contribution in [0.15, 0.2) is 58.3 Å². The molecule has 0 aromatic heterocycles. The molecule has 0 unspecified atom stereocenters. The summed E-state index contributed by atoms with van der Waals surface area (Å²) in [5.74, 6) is 0. The summed E-state index contributed by atoms with van der Waals surface area (Å²) in [5, 5.41) is 0. The van der Waals surface area contributed by atoms with E-state index in [1.807, 2.05) is 0 Å². The zero-order chi connectivity index (χ0) is 13.1. The molecule has 0 spiro atoms. The van der Waals surface area contributed by atoms with Crippen molar-refractivity contribution in [2.75, 3.05) is 4.31 Å². The van der Waals surface area contributed by atoms with Crippen LogP contribution >= 0.6 is 25.3 Å². The molecule has 0 heterocycles. The number of thiol groups is 3. The zero-order valence-electron chi connectivity index (χ0n) is 10.2. The van der Waals surface area contributed by atoms with Gasteiger partial charge in [0, 0.05) is 28.7 Å². The molecular formula is C12H11LiNO2S3. The third-order valence-electron chi connectivity index (χ3n) is 2.35. The summed E-state index contributed by atoms with van der Waals surface area (Å²) in [6, 6.07) is 13.8. The van der Waals surface area contributed by atoms with E-state index in [1.54, 1.807) is 48.5 Å². The molecule has 0 amide bonds. The number of hydrogen-bond donors (Lipinski definition) is 3. The van der Waals surface area contributed by atoms with E-state index in [2.05, 4.69) is 25.3 Å². The summed E-state index contributed by atoms with van der Waals surface area (Å²) >= 11 is 8.35. The number of nitrogens with zero attached hydrogens (tertiary/aromatic N) is 1. The molecule has 3 nitrogen and oxygen atoms in total. The van der Waals surface area contributed by atoms with E-state index >= 15 is 0 Å². The maximum Gasteiger partial charge on any atom is 0.229 e. The van der Waals surface area contributed by atoms with Crippen LogP contribution < -0.4 is 4.31 Å². The van der Waals surface area contributed by atoms with E-state index in [0.717, 1.165) is 9.79 Å². The molecule has 0 saturated carbocycles. The number of rotatable bonds is 3. The predicted octanol–water partition coefficient (Wildman–Crippen LogP) is 2.55. The Morgan fingerprint density at radius 3 is 1.32 bits per heavy atom. The number of hydrogen-bond acceptors (Lipinski definition) is 4. The van der Waals surface area contributed by atoms with Gasteiger partial charge < -0.3 is 0 Å². The molecule has 0 aliphatic carbocycles. The Kier molecular flexibility index (Phi) is 6.37. The van der Waals surface area contributed by atoms with E-state index in [9.17, 15) is 8.42 Å². The van der Waals surface area contributed by atoms with Crippen LogP contribution in [-0.4, -0.2) is 27.3 Å². The average molecular weight is 304 g/mol. The normalized spacial score (nSPS) is 10.1. The first-order chi connectivity index (χ1) is 8.58. The van der Waals surface area contributed by atoms with E-state index in [4.69, 9.17) is 0 Å². The molecule has 0 aliphatic heterocycles. The Balaban J connectivity index is 0.00000180. The number of benzene rings is 2. The van der Waals surface area contributed by atoms with Crippen LogP contribution in [0.25, 0.3) is 0 Å². The molecular weight excluding hydrogens is 293 g/mol. The topological polar surface area (TPSA) is 37.4 Å². The summed E-state index contributed by atoms with van der Waals surface area (Å²) in [4.78, 5) is 1.57. The van der Waals surface area contributed by atoms with Gasteiger partial charge in [-0.3, -0.25) is 0 Å². The number of anilines is 2. The minimum Gasteiger partial charge on any atom is -0.241 e. The zero-order valence-corrected chi connectivity index (χ0v) is 12.9. The van der Waals surface area contributed by atoms with E-state index in [-0.39, 0.29) is 18.9 Å². The first-order valence-electron chi connectivity index (χ1n) is 5.10. The molecule has 0 aliphatic rings.